The second-order valence-electron chi connectivity index (χ2n) is 3.93. The van der Waals surface area contributed by atoms with Crippen molar-refractivity contribution in [2.24, 2.45) is 0 Å². The van der Waals surface area contributed by atoms with E-state index in [1.165, 1.54) is 6.07 Å². The first-order chi connectivity index (χ1) is 8.63. The van der Waals surface area contributed by atoms with Crippen LogP contribution in [0.3, 0.4) is 0 Å². The molecule has 1 aromatic rings. The Morgan fingerprint density at radius 1 is 1.39 bits per heavy atom. The van der Waals surface area contributed by atoms with Gasteiger partial charge in [-0.25, -0.2) is 4.79 Å². The largest absolute Gasteiger partial charge is 0.460 e. The molecule has 1 aromatic carbocycles. The fourth-order valence-corrected chi connectivity index (χ4v) is 1.87. The molecular formula is C13H13NO4. The van der Waals surface area contributed by atoms with E-state index in [9.17, 15) is 14.4 Å². The molecule has 1 heterocycles. The molecule has 0 saturated carbocycles. The number of hydrogen-bond acceptors (Lipinski definition) is 4. The number of hydrogen-bond donors (Lipinski definition) is 1. The molecule has 5 nitrogen and oxygen atoms in total. The predicted octanol–water partition coefficient (Wildman–Crippen LogP) is 0.718. The van der Waals surface area contributed by atoms with Crippen molar-refractivity contribution in [2.45, 2.75) is 13.3 Å². The van der Waals surface area contributed by atoms with Gasteiger partial charge in [-0.2, -0.15) is 0 Å². The summed E-state index contributed by atoms with van der Waals surface area (Å²) < 4.78 is 4.64. The Bertz CT molecular complexity index is 522. The Hall–Kier alpha value is -2.17. The van der Waals surface area contributed by atoms with Crippen LogP contribution in [-0.4, -0.2) is 30.8 Å². The first kappa shape index (κ1) is 12.3. The molecule has 0 bridgehead atoms. The van der Waals surface area contributed by atoms with Gasteiger partial charge in [0, 0.05) is 17.7 Å². The van der Waals surface area contributed by atoms with Crippen molar-refractivity contribution in [3.05, 3.63) is 34.9 Å². The van der Waals surface area contributed by atoms with Crippen LogP contribution < -0.4 is 5.32 Å². The highest BCUT2D eigenvalue weighted by atomic mass is 16.5. The van der Waals surface area contributed by atoms with E-state index in [0.717, 1.165) is 12.0 Å². The molecular weight excluding hydrogens is 234 g/mol. The Kier molecular flexibility index (Phi) is 3.41. The number of ether oxygens (including phenoxy) is 1. The minimum Gasteiger partial charge on any atom is -0.460 e. The number of amides is 1. The van der Waals surface area contributed by atoms with Crippen molar-refractivity contribution >= 4 is 17.7 Å². The van der Waals surface area contributed by atoms with Crippen LogP contribution in [0.25, 0.3) is 0 Å². The highest BCUT2D eigenvalue weighted by Crippen LogP contribution is 2.16. The zero-order valence-corrected chi connectivity index (χ0v) is 9.99. The topological polar surface area (TPSA) is 72.5 Å². The fraction of sp³-hybridized carbons (Fsp3) is 0.308. The number of esters is 1. The van der Waals surface area contributed by atoms with Crippen LogP contribution >= 0.6 is 0 Å². The standard InChI is InChI=1S/C13H13NO4/c1-2-18-13(17)11(15)9-4-3-8-5-6-14-12(16)10(8)7-9/h3-4,7H,2,5-6H2,1H3,(H,14,16). The van der Waals surface area contributed by atoms with Gasteiger partial charge in [-0.1, -0.05) is 12.1 Å². The summed E-state index contributed by atoms with van der Waals surface area (Å²) in [5, 5.41) is 2.69. The number of rotatable bonds is 3. The highest BCUT2D eigenvalue weighted by Gasteiger charge is 2.22. The number of nitrogens with one attached hydrogen (secondary N) is 1. The molecule has 0 atom stereocenters. The molecule has 1 N–H and O–H groups in total. The Labute approximate surface area is 104 Å². The van der Waals surface area contributed by atoms with Crippen molar-refractivity contribution in [1.82, 2.24) is 5.32 Å². The van der Waals surface area contributed by atoms with Crippen molar-refractivity contribution < 1.29 is 19.1 Å². The zero-order chi connectivity index (χ0) is 13.1. The molecule has 0 fully saturated rings. The van der Waals surface area contributed by atoms with Gasteiger partial charge in [-0.15, -0.1) is 0 Å². The summed E-state index contributed by atoms with van der Waals surface area (Å²) in [5.41, 5.74) is 1.53. The molecule has 18 heavy (non-hydrogen) atoms. The van der Waals surface area contributed by atoms with Crippen LogP contribution in [0.5, 0.6) is 0 Å². The Morgan fingerprint density at radius 3 is 2.89 bits per heavy atom. The summed E-state index contributed by atoms with van der Waals surface area (Å²) in [7, 11) is 0. The predicted molar refractivity (Wildman–Crippen MR) is 63.4 cm³/mol. The van der Waals surface area contributed by atoms with E-state index < -0.39 is 11.8 Å². The number of carbonyl (C=O) groups excluding carboxylic acids is 3. The lowest BCUT2D eigenvalue weighted by molar-refractivity contribution is -0.137. The van der Waals surface area contributed by atoms with Crippen LogP contribution in [0, 0.1) is 0 Å². The van der Waals surface area contributed by atoms with Crippen LogP contribution in [-0.2, 0) is 16.0 Å². The molecule has 1 amide bonds. The second kappa shape index (κ2) is 5.00. The maximum Gasteiger partial charge on any atom is 0.379 e. The molecule has 2 rings (SSSR count). The molecule has 1 aliphatic rings. The maximum atomic E-state index is 11.7. The van der Waals surface area contributed by atoms with Crippen LogP contribution in [0.15, 0.2) is 18.2 Å². The van der Waals surface area contributed by atoms with E-state index in [0.29, 0.717) is 12.1 Å². The molecule has 0 saturated heterocycles. The van der Waals surface area contributed by atoms with Gasteiger partial charge < -0.3 is 10.1 Å². The number of fused-ring (bicyclic) bond motifs is 1. The number of carbonyl (C=O) groups is 3. The molecule has 0 unspecified atom stereocenters. The molecule has 0 spiro atoms. The monoisotopic (exact) mass is 247 g/mol. The van der Waals surface area contributed by atoms with Crippen molar-refractivity contribution in [3.8, 4) is 0 Å². The summed E-state index contributed by atoms with van der Waals surface area (Å²) in [6.45, 7) is 2.37. The lowest BCUT2D eigenvalue weighted by Crippen LogP contribution is -2.32. The van der Waals surface area contributed by atoms with Gasteiger partial charge in [0.05, 0.1) is 6.61 Å². The quantitative estimate of drug-likeness (QED) is 0.485. The summed E-state index contributed by atoms with van der Waals surface area (Å²) in [5.74, 6) is -1.83. The summed E-state index contributed by atoms with van der Waals surface area (Å²) in [6, 6.07) is 4.71. The molecule has 0 aliphatic carbocycles. The minimum absolute atomic E-state index is 0.149. The average molecular weight is 247 g/mol. The minimum atomic E-state index is -0.895. The highest BCUT2D eigenvalue weighted by molar-refractivity contribution is 6.40. The summed E-state index contributed by atoms with van der Waals surface area (Å²) in [4.78, 5) is 34.7. The van der Waals surface area contributed by atoms with Gasteiger partial charge >= 0.3 is 5.97 Å². The van der Waals surface area contributed by atoms with Crippen molar-refractivity contribution in [3.63, 3.8) is 0 Å². The maximum absolute atomic E-state index is 11.7. The van der Waals surface area contributed by atoms with Gasteiger partial charge in [0.25, 0.3) is 11.7 Å². The van der Waals surface area contributed by atoms with Crippen molar-refractivity contribution in [1.29, 1.82) is 0 Å². The van der Waals surface area contributed by atoms with Gasteiger partial charge in [-0.3, -0.25) is 9.59 Å². The van der Waals surface area contributed by atoms with Gasteiger partial charge in [0.1, 0.15) is 0 Å². The first-order valence-electron chi connectivity index (χ1n) is 5.76. The molecule has 94 valence electrons. The lowest BCUT2D eigenvalue weighted by atomic mass is 9.96. The van der Waals surface area contributed by atoms with E-state index >= 15 is 0 Å². The van der Waals surface area contributed by atoms with Gasteiger partial charge in [0.2, 0.25) is 0 Å². The average Bonchev–Trinajstić information content (AvgIpc) is 2.38. The molecule has 1 aliphatic heterocycles. The van der Waals surface area contributed by atoms with E-state index in [1.54, 1.807) is 19.1 Å². The number of benzene rings is 1. The third-order valence-electron chi connectivity index (χ3n) is 2.76. The second-order valence-corrected chi connectivity index (χ2v) is 3.93. The fourth-order valence-electron chi connectivity index (χ4n) is 1.87. The SMILES string of the molecule is CCOC(=O)C(=O)c1ccc2c(c1)C(=O)NCC2. The van der Waals surface area contributed by atoms with E-state index in [1.807, 2.05) is 0 Å². The van der Waals surface area contributed by atoms with E-state index in [-0.39, 0.29) is 18.1 Å². The molecule has 0 aromatic heterocycles. The van der Waals surface area contributed by atoms with Gasteiger partial charge in [-0.05, 0) is 25.0 Å². The third kappa shape index (κ3) is 2.25. The Balaban J connectivity index is 2.31. The summed E-state index contributed by atoms with van der Waals surface area (Å²) in [6.07, 6.45) is 0.731. The number of ketones is 1. The van der Waals surface area contributed by atoms with Crippen LogP contribution in [0.2, 0.25) is 0 Å². The van der Waals surface area contributed by atoms with Gasteiger partial charge in [0.15, 0.2) is 0 Å². The van der Waals surface area contributed by atoms with E-state index in [4.69, 9.17) is 0 Å². The normalized spacial score (nSPS) is 13.5. The Morgan fingerprint density at radius 2 is 2.17 bits per heavy atom. The van der Waals surface area contributed by atoms with E-state index in [2.05, 4.69) is 10.1 Å². The molecule has 5 heteroatoms. The van der Waals surface area contributed by atoms with Crippen LogP contribution in [0.4, 0.5) is 0 Å². The lowest BCUT2D eigenvalue weighted by Gasteiger charge is -2.16. The third-order valence-corrected chi connectivity index (χ3v) is 2.76. The number of Topliss-reactive ketones (excluding diaryl/α,β-unsaturated/α-hetero) is 1. The molecule has 0 radical (unpaired) electrons. The van der Waals surface area contributed by atoms with Crippen LogP contribution in [0.1, 0.15) is 33.2 Å². The summed E-state index contributed by atoms with van der Waals surface area (Å²) >= 11 is 0. The zero-order valence-electron chi connectivity index (χ0n) is 9.99. The first-order valence-corrected chi connectivity index (χ1v) is 5.76. The van der Waals surface area contributed by atoms with Crippen molar-refractivity contribution in [2.75, 3.05) is 13.2 Å². The smallest absolute Gasteiger partial charge is 0.379 e.